The summed E-state index contributed by atoms with van der Waals surface area (Å²) < 4.78 is 27.3. The van der Waals surface area contributed by atoms with Crippen LogP contribution in [0.2, 0.25) is 0 Å². The van der Waals surface area contributed by atoms with E-state index in [1.165, 1.54) is 32.0 Å². The third-order valence-electron chi connectivity index (χ3n) is 8.99. The molecule has 0 bridgehead atoms. The number of carbonyl (C=O) groups excluding carboxylic acids is 2. The number of amides is 1. The Morgan fingerprint density at radius 3 is 2.49 bits per heavy atom. The van der Waals surface area contributed by atoms with Gasteiger partial charge in [-0.2, -0.15) is 0 Å². The van der Waals surface area contributed by atoms with Gasteiger partial charge in [-0.1, -0.05) is 19.8 Å². The van der Waals surface area contributed by atoms with Gasteiger partial charge in [0.2, 0.25) is 0 Å². The summed E-state index contributed by atoms with van der Waals surface area (Å²) in [4.78, 5) is 31.4. The highest BCUT2D eigenvalue weighted by atomic mass is 19.1. The molecule has 1 amide bonds. The fourth-order valence-corrected chi connectivity index (χ4v) is 6.50. The number of halogens is 1. The Morgan fingerprint density at radius 2 is 1.82 bits per heavy atom. The number of nitrogens with two attached hydrogens (primary N) is 1. The summed E-state index contributed by atoms with van der Waals surface area (Å²) in [5.41, 5.74) is 10.5. The zero-order valence-electron chi connectivity index (χ0n) is 26.2. The molecule has 2 unspecified atom stereocenters. The maximum Gasteiger partial charge on any atom is 0.252 e. The standard InChI is InChI=1S/C33H35FN4O3.CH5N.CH2O/c1-19-18-41-31-25(19)14-27(36-30(31)22-9-11-24(34)12-10-22)26(20-5-3-4-6-20)15-35-33(39)23-13-29(40-2)32-37-28(21-7-8-21)17-38(32)16-23;2*1-2/h9-14,16-17,19-21,26H,3-8,15,18H2,1-2H3,(H,35,39);2H2,1H3;1H2. The lowest BCUT2D eigenvalue weighted by Crippen LogP contribution is -2.31. The van der Waals surface area contributed by atoms with Gasteiger partial charge in [0, 0.05) is 53.5 Å². The van der Waals surface area contributed by atoms with Gasteiger partial charge in [0.1, 0.15) is 24.0 Å². The van der Waals surface area contributed by atoms with Crippen LogP contribution >= 0.6 is 0 Å². The summed E-state index contributed by atoms with van der Waals surface area (Å²) in [5, 5.41) is 3.23. The highest BCUT2D eigenvalue weighted by Crippen LogP contribution is 2.45. The van der Waals surface area contributed by atoms with Crippen LogP contribution in [-0.2, 0) is 4.79 Å². The molecule has 2 saturated carbocycles. The summed E-state index contributed by atoms with van der Waals surface area (Å²) in [5.74, 6) is 2.17. The fourth-order valence-electron chi connectivity index (χ4n) is 6.50. The summed E-state index contributed by atoms with van der Waals surface area (Å²) in [6.07, 6.45) is 10.8. The minimum Gasteiger partial charge on any atom is -0.493 e. The van der Waals surface area contributed by atoms with E-state index >= 15 is 0 Å². The first-order chi connectivity index (χ1) is 22.0. The number of carbonyl (C=O) groups is 2. The van der Waals surface area contributed by atoms with Gasteiger partial charge in [0.05, 0.1) is 25.0 Å². The molecule has 45 heavy (non-hydrogen) atoms. The molecule has 2 atom stereocenters. The van der Waals surface area contributed by atoms with E-state index in [9.17, 15) is 9.18 Å². The Morgan fingerprint density at radius 1 is 1.11 bits per heavy atom. The molecule has 2 fully saturated rings. The molecule has 3 aliphatic rings. The number of aromatic nitrogens is 3. The lowest BCUT2D eigenvalue weighted by Gasteiger charge is -2.25. The lowest BCUT2D eigenvalue weighted by atomic mass is 9.85. The van der Waals surface area contributed by atoms with Crippen molar-refractivity contribution in [3.05, 3.63) is 77.1 Å². The summed E-state index contributed by atoms with van der Waals surface area (Å²) in [6, 6.07) is 10.4. The molecule has 0 spiro atoms. The third kappa shape index (κ3) is 6.71. The molecule has 4 heterocycles. The molecule has 7 rings (SSSR count). The molecule has 9 nitrogen and oxygen atoms in total. The number of hydrogen-bond acceptors (Lipinski definition) is 7. The molecule has 4 aromatic rings. The predicted octanol–water partition coefficient (Wildman–Crippen LogP) is 6.01. The van der Waals surface area contributed by atoms with Gasteiger partial charge in [-0.15, -0.1) is 0 Å². The molecule has 1 aromatic carbocycles. The quantitative estimate of drug-likeness (QED) is 0.249. The molecule has 3 aromatic heterocycles. The van der Waals surface area contributed by atoms with Crippen molar-refractivity contribution in [3.8, 4) is 22.8 Å². The van der Waals surface area contributed by atoms with Gasteiger partial charge in [-0.3, -0.25) is 4.79 Å². The first-order valence-electron chi connectivity index (χ1n) is 15.6. The second-order valence-electron chi connectivity index (χ2n) is 11.9. The van der Waals surface area contributed by atoms with Crippen LogP contribution in [0.3, 0.4) is 0 Å². The van der Waals surface area contributed by atoms with Crippen LogP contribution in [0.15, 0.2) is 48.8 Å². The summed E-state index contributed by atoms with van der Waals surface area (Å²) >= 11 is 0. The number of hydrogen-bond donors (Lipinski definition) is 2. The zero-order valence-corrected chi connectivity index (χ0v) is 26.2. The van der Waals surface area contributed by atoms with Gasteiger partial charge in [0.25, 0.3) is 5.91 Å². The lowest BCUT2D eigenvalue weighted by molar-refractivity contribution is -0.0980. The number of rotatable bonds is 8. The third-order valence-corrected chi connectivity index (χ3v) is 8.99. The zero-order chi connectivity index (χ0) is 32.1. The van der Waals surface area contributed by atoms with Gasteiger partial charge >= 0.3 is 0 Å². The maximum atomic E-state index is 13.7. The SMILES string of the molecule is C=O.CN.COc1cc(C(=O)NCC(c2cc3c(c(-c4ccc(F)cc4)n2)OCC3C)C2CCCC2)cn2cc(C3CC3)nc12. The van der Waals surface area contributed by atoms with E-state index in [-0.39, 0.29) is 23.6 Å². The second-order valence-corrected chi connectivity index (χ2v) is 11.9. The van der Waals surface area contributed by atoms with Crippen molar-refractivity contribution in [2.75, 3.05) is 27.3 Å². The van der Waals surface area contributed by atoms with Gasteiger partial charge in [-0.05, 0) is 75.0 Å². The Hall–Kier alpha value is -4.31. The first-order valence-corrected chi connectivity index (χ1v) is 15.6. The van der Waals surface area contributed by atoms with E-state index in [0.717, 1.165) is 65.3 Å². The average Bonchev–Trinajstić information content (AvgIpc) is 3.42. The van der Waals surface area contributed by atoms with Crippen LogP contribution in [0.4, 0.5) is 4.39 Å². The van der Waals surface area contributed by atoms with Crippen molar-refractivity contribution in [2.24, 2.45) is 11.7 Å². The molecule has 3 N–H and O–H groups in total. The molecule has 0 radical (unpaired) electrons. The predicted molar refractivity (Wildman–Crippen MR) is 172 cm³/mol. The molecule has 238 valence electrons. The number of ether oxygens (including phenoxy) is 2. The maximum absolute atomic E-state index is 13.7. The molecular weight excluding hydrogens is 573 g/mol. The monoisotopic (exact) mass is 615 g/mol. The van der Waals surface area contributed by atoms with Crippen molar-refractivity contribution in [1.29, 1.82) is 0 Å². The Balaban J connectivity index is 0.000000963. The van der Waals surface area contributed by atoms with Crippen molar-refractivity contribution < 1.29 is 23.5 Å². The van der Waals surface area contributed by atoms with Crippen LogP contribution in [0.5, 0.6) is 11.5 Å². The van der Waals surface area contributed by atoms with E-state index in [0.29, 0.717) is 36.3 Å². The minimum atomic E-state index is -0.281. The van der Waals surface area contributed by atoms with Gasteiger partial charge in [0.15, 0.2) is 11.4 Å². The van der Waals surface area contributed by atoms with Gasteiger partial charge in [-0.25, -0.2) is 14.4 Å². The topological polar surface area (TPSA) is 121 Å². The van der Waals surface area contributed by atoms with E-state index in [4.69, 9.17) is 24.2 Å². The number of imidazole rings is 1. The van der Waals surface area contributed by atoms with E-state index in [1.807, 2.05) is 23.6 Å². The fraction of sp³-hybridized carbons (Fsp3) is 0.429. The van der Waals surface area contributed by atoms with Crippen molar-refractivity contribution in [2.45, 2.75) is 63.2 Å². The highest BCUT2D eigenvalue weighted by molar-refractivity contribution is 5.95. The number of benzene rings is 1. The smallest absolute Gasteiger partial charge is 0.252 e. The van der Waals surface area contributed by atoms with Crippen LogP contribution < -0.4 is 20.5 Å². The molecule has 1 aliphatic heterocycles. The Kier molecular flexibility index (Phi) is 10.1. The van der Waals surface area contributed by atoms with Crippen molar-refractivity contribution >= 4 is 18.3 Å². The Labute approximate surface area is 263 Å². The van der Waals surface area contributed by atoms with Gasteiger partial charge < -0.3 is 29.7 Å². The average molecular weight is 616 g/mol. The number of nitrogens with zero attached hydrogens (tertiary/aromatic N) is 3. The van der Waals surface area contributed by atoms with Crippen LogP contribution in [-0.4, -0.2) is 54.4 Å². The summed E-state index contributed by atoms with van der Waals surface area (Å²) in [7, 11) is 3.11. The number of nitrogens with one attached hydrogen (secondary N) is 1. The second kappa shape index (κ2) is 14.2. The molecule has 10 heteroatoms. The van der Waals surface area contributed by atoms with Crippen LogP contribution in [0.25, 0.3) is 16.9 Å². The minimum absolute atomic E-state index is 0.0547. The summed E-state index contributed by atoms with van der Waals surface area (Å²) in [6.45, 7) is 5.23. The Bertz CT molecular complexity index is 1630. The highest BCUT2D eigenvalue weighted by Gasteiger charge is 2.33. The first kappa shape index (κ1) is 32.1. The normalized spacial score (nSPS) is 17.8. The van der Waals surface area contributed by atoms with Crippen LogP contribution in [0, 0.1) is 11.7 Å². The van der Waals surface area contributed by atoms with Crippen molar-refractivity contribution in [1.82, 2.24) is 19.7 Å². The number of methoxy groups -OCH3 is 1. The van der Waals surface area contributed by atoms with E-state index in [1.54, 1.807) is 25.3 Å². The molecule has 0 saturated heterocycles. The van der Waals surface area contributed by atoms with Crippen LogP contribution in [0.1, 0.15) is 90.5 Å². The molecular formula is C35H42FN5O4. The number of fused-ring (bicyclic) bond motifs is 2. The number of pyridine rings is 2. The largest absolute Gasteiger partial charge is 0.493 e. The van der Waals surface area contributed by atoms with E-state index in [2.05, 4.69) is 24.0 Å². The molecule has 2 aliphatic carbocycles. The van der Waals surface area contributed by atoms with E-state index < -0.39 is 0 Å². The van der Waals surface area contributed by atoms with Crippen molar-refractivity contribution in [3.63, 3.8) is 0 Å².